The van der Waals surface area contributed by atoms with Crippen LogP contribution in [0.25, 0.3) is 0 Å². The van der Waals surface area contributed by atoms with Gasteiger partial charge in [-0.1, -0.05) is 18.2 Å². The third kappa shape index (κ3) is 3.32. The van der Waals surface area contributed by atoms with E-state index in [4.69, 9.17) is 0 Å². The van der Waals surface area contributed by atoms with Crippen LogP contribution >= 0.6 is 0 Å². The molecular formula is C20H19N3O5S. The number of ketones is 1. The zero-order valence-electron chi connectivity index (χ0n) is 15.7. The predicted molar refractivity (Wildman–Crippen MR) is 105 cm³/mol. The van der Waals surface area contributed by atoms with Gasteiger partial charge in [-0.05, 0) is 36.8 Å². The van der Waals surface area contributed by atoms with Crippen molar-refractivity contribution in [2.75, 3.05) is 25.5 Å². The van der Waals surface area contributed by atoms with Crippen LogP contribution in [0, 0.1) is 0 Å². The summed E-state index contributed by atoms with van der Waals surface area (Å²) in [6.07, 6.45) is 0.512. The molecule has 0 aliphatic carbocycles. The Kier molecular flexibility index (Phi) is 4.71. The Morgan fingerprint density at radius 3 is 2.59 bits per heavy atom. The van der Waals surface area contributed by atoms with Gasteiger partial charge in [0, 0.05) is 31.7 Å². The van der Waals surface area contributed by atoms with E-state index in [0.29, 0.717) is 17.7 Å². The Balaban J connectivity index is 1.52. The fraction of sp³-hybridized carbons (Fsp3) is 0.250. The Morgan fingerprint density at radius 2 is 1.86 bits per heavy atom. The number of anilines is 1. The lowest BCUT2D eigenvalue weighted by Gasteiger charge is -2.25. The smallest absolute Gasteiger partial charge is 0.296 e. The number of fused-ring (bicyclic) bond motifs is 1. The largest absolute Gasteiger partial charge is 0.337 e. The molecule has 2 aromatic carbocycles. The van der Waals surface area contributed by atoms with Crippen molar-refractivity contribution in [2.45, 2.75) is 17.4 Å². The lowest BCUT2D eigenvalue weighted by Crippen LogP contribution is -2.40. The number of nitrogens with zero attached hydrogens (tertiary/aromatic N) is 2. The van der Waals surface area contributed by atoms with E-state index in [2.05, 4.69) is 5.32 Å². The average molecular weight is 413 g/mol. The summed E-state index contributed by atoms with van der Waals surface area (Å²) in [4.78, 5) is 37.5. The maximum atomic E-state index is 13.0. The van der Waals surface area contributed by atoms with Crippen LogP contribution in [0.5, 0.6) is 0 Å². The first-order chi connectivity index (χ1) is 13.8. The van der Waals surface area contributed by atoms with Crippen molar-refractivity contribution in [3.8, 4) is 0 Å². The van der Waals surface area contributed by atoms with Crippen LogP contribution in [-0.2, 0) is 14.8 Å². The number of carbonyl (C=O) groups is 3. The lowest BCUT2D eigenvalue weighted by molar-refractivity contribution is -0.112. The van der Waals surface area contributed by atoms with Crippen molar-refractivity contribution in [3.63, 3.8) is 0 Å². The first-order valence-corrected chi connectivity index (χ1v) is 10.5. The molecule has 2 heterocycles. The molecule has 1 atom stereocenters. The fourth-order valence-electron chi connectivity index (χ4n) is 3.63. The van der Waals surface area contributed by atoms with Crippen molar-refractivity contribution in [1.82, 2.24) is 9.21 Å². The average Bonchev–Trinajstić information content (AvgIpc) is 3.33. The third-order valence-corrected chi connectivity index (χ3v) is 7.20. The number of amides is 2. The Bertz CT molecular complexity index is 1110. The maximum absolute atomic E-state index is 13.0. The number of carbonyl (C=O) groups excluding carboxylic acids is 3. The van der Waals surface area contributed by atoms with E-state index in [0.717, 1.165) is 0 Å². The zero-order chi connectivity index (χ0) is 20.8. The van der Waals surface area contributed by atoms with Gasteiger partial charge in [0.05, 0.1) is 16.1 Å². The number of sulfonamides is 1. The SMILES string of the molecule is CN(C(=O)c1ccccc1)C1CCN(S(=O)(=O)c2ccc3c(c2)C(=O)C(=O)N3)C1. The molecule has 29 heavy (non-hydrogen) atoms. The zero-order valence-corrected chi connectivity index (χ0v) is 16.5. The van der Waals surface area contributed by atoms with Gasteiger partial charge in [-0.2, -0.15) is 4.31 Å². The summed E-state index contributed by atoms with van der Waals surface area (Å²) >= 11 is 0. The summed E-state index contributed by atoms with van der Waals surface area (Å²) in [5.41, 5.74) is 0.917. The third-order valence-electron chi connectivity index (χ3n) is 5.34. The van der Waals surface area contributed by atoms with E-state index in [9.17, 15) is 22.8 Å². The summed E-state index contributed by atoms with van der Waals surface area (Å²) in [5, 5.41) is 2.40. The van der Waals surface area contributed by atoms with Crippen molar-refractivity contribution < 1.29 is 22.8 Å². The second kappa shape index (κ2) is 7.09. The Morgan fingerprint density at radius 1 is 1.14 bits per heavy atom. The molecule has 150 valence electrons. The van der Waals surface area contributed by atoms with Gasteiger partial charge in [0.2, 0.25) is 10.0 Å². The van der Waals surface area contributed by atoms with Crippen LogP contribution in [0.2, 0.25) is 0 Å². The van der Waals surface area contributed by atoms with E-state index in [1.165, 1.54) is 22.5 Å². The molecule has 0 radical (unpaired) electrons. The van der Waals surface area contributed by atoms with Gasteiger partial charge in [-0.15, -0.1) is 0 Å². The molecule has 0 bridgehead atoms. The molecular weight excluding hydrogens is 394 g/mol. The predicted octanol–water partition coefficient (Wildman–Crippen LogP) is 1.36. The van der Waals surface area contributed by atoms with Crippen LogP contribution in [0.1, 0.15) is 27.1 Å². The first-order valence-electron chi connectivity index (χ1n) is 9.11. The van der Waals surface area contributed by atoms with Gasteiger partial charge in [-0.3, -0.25) is 14.4 Å². The summed E-state index contributed by atoms with van der Waals surface area (Å²) in [6, 6.07) is 12.6. The maximum Gasteiger partial charge on any atom is 0.296 e. The molecule has 2 aliphatic heterocycles. The highest BCUT2D eigenvalue weighted by molar-refractivity contribution is 7.89. The number of Topliss-reactive ketones (excluding diaryl/α,β-unsaturated/α-hetero) is 1. The van der Waals surface area contributed by atoms with Gasteiger partial charge < -0.3 is 10.2 Å². The van der Waals surface area contributed by atoms with Crippen LogP contribution < -0.4 is 5.32 Å². The Hall–Kier alpha value is -3.04. The van der Waals surface area contributed by atoms with Crippen molar-refractivity contribution in [3.05, 3.63) is 59.7 Å². The minimum Gasteiger partial charge on any atom is -0.337 e. The molecule has 1 unspecified atom stereocenters. The summed E-state index contributed by atoms with van der Waals surface area (Å²) in [5.74, 6) is -1.68. The molecule has 0 spiro atoms. The molecule has 1 saturated heterocycles. The topological polar surface area (TPSA) is 104 Å². The molecule has 1 N–H and O–H groups in total. The van der Waals surface area contributed by atoms with Crippen LogP contribution in [0.15, 0.2) is 53.4 Å². The van der Waals surface area contributed by atoms with E-state index in [-0.39, 0.29) is 35.5 Å². The number of likely N-dealkylation sites (N-methyl/N-ethyl adjacent to an activating group) is 1. The van der Waals surface area contributed by atoms with E-state index in [1.807, 2.05) is 6.07 Å². The standard InChI is InChI=1S/C20H19N3O5S/c1-22(20(26)13-5-3-2-4-6-13)14-9-10-23(12-14)29(27,28)15-7-8-17-16(11-15)18(24)19(25)21-17/h2-8,11,14H,9-10,12H2,1H3,(H,21,24,25). The molecule has 9 heteroatoms. The van der Waals surface area contributed by atoms with E-state index < -0.39 is 21.7 Å². The molecule has 0 saturated carbocycles. The first kappa shape index (κ1) is 19.3. The van der Waals surface area contributed by atoms with E-state index in [1.54, 1.807) is 36.2 Å². The van der Waals surface area contributed by atoms with Gasteiger partial charge in [-0.25, -0.2) is 8.42 Å². The summed E-state index contributed by atoms with van der Waals surface area (Å²) in [6.45, 7) is 0.432. The number of benzene rings is 2. The molecule has 1 fully saturated rings. The summed E-state index contributed by atoms with van der Waals surface area (Å²) < 4.78 is 27.4. The van der Waals surface area contributed by atoms with Crippen LogP contribution in [0.4, 0.5) is 5.69 Å². The quantitative estimate of drug-likeness (QED) is 0.762. The number of rotatable bonds is 4. The second-order valence-corrected chi connectivity index (χ2v) is 9.02. The highest BCUT2D eigenvalue weighted by Crippen LogP contribution is 2.29. The normalized spacial score (nSPS) is 19.1. The minimum absolute atomic E-state index is 0.0428. The van der Waals surface area contributed by atoms with Crippen LogP contribution in [-0.4, -0.2) is 61.4 Å². The van der Waals surface area contributed by atoms with Gasteiger partial charge in [0.25, 0.3) is 17.6 Å². The van der Waals surface area contributed by atoms with Gasteiger partial charge in [0.1, 0.15) is 0 Å². The molecule has 8 nitrogen and oxygen atoms in total. The number of hydrogen-bond donors (Lipinski definition) is 1. The Labute approximate surface area is 168 Å². The molecule has 4 rings (SSSR count). The monoisotopic (exact) mass is 413 g/mol. The van der Waals surface area contributed by atoms with Crippen molar-refractivity contribution >= 4 is 33.3 Å². The molecule has 2 aromatic rings. The minimum atomic E-state index is -3.85. The number of nitrogens with one attached hydrogen (secondary N) is 1. The summed E-state index contributed by atoms with van der Waals surface area (Å²) in [7, 11) is -2.19. The highest BCUT2D eigenvalue weighted by Gasteiger charge is 2.37. The highest BCUT2D eigenvalue weighted by atomic mass is 32.2. The number of hydrogen-bond acceptors (Lipinski definition) is 5. The van der Waals surface area contributed by atoms with E-state index >= 15 is 0 Å². The van der Waals surface area contributed by atoms with Crippen molar-refractivity contribution in [1.29, 1.82) is 0 Å². The van der Waals surface area contributed by atoms with Gasteiger partial charge >= 0.3 is 0 Å². The van der Waals surface area contributed by atoms with Gasteiger partial charge in [0.15, 0.2) is 0 Å². The van der Waals surface area contributed by atoms with Crippen molar-refractivity contribution in [2.24, 2.45) is 0 Å². The fourth-order valence-corrected chi connectivity index (χ4v) is 5.15. The van der Waals surface area contributed by atoms with Crippen LogP contribution in [0.3, 0.4) is 0 Å². The second-order valence-electron chi connectivity index (χ2n) is 7.08. The molecule has 0 aromatic heterocycles. The molecule has 2 aliphatic rings. The lowest BCUT2D eigenvalue weighted by atomic mass is 10.1. The molecule has 2 amide bonds.